The predicted molar refractivity (Wildman–Crippen MR) is 369 cm³/mol. The lowest BCUT2D eigenvalue weighted by Gasteiger charge is -2.27. The molecule has 6 heterocycles. The molecule has 12 rings (SSSR count). The third kappa shape index (κ3) is 18.8. The summed E-state index contributed by atoms with van der Waals surface area (Å²) < 4.78 is 4.19. The van der Waals surface area contributed by atoms with E-state index in [1.165, 1.54) is 50.3 Å². The number of hydrogen-bond donors (Lipinski definition) is 10. The van der Waals surface area contributed by atoms with Crippen LogP contribution >= 0.6 is 22.7 Å². The van der Waals surface area contributed by atoms with Crippen molar-refractivity contribution in [3.8, 4) is 22.3 Å². The smallest absolute Gasteiger partial charge is 0.423 e. The van der Waals surface area contributed by atoms with Crippen molar-refractivity contribution in [1.29, 1.82) is 0 Å². The van der Waals surface area contributed by atoms with E-state index in [-0.39, 0.29) is 26.9 Å². The number of rotatable bonds is 16. The van der Waals surface area contributed by atoms with Gasteiger partial charge in [0.05, 0.1) is 12.7 Å². The van der Waals surface area contributed by atoms with E-state index in [4.69, 9.17) is 51.5 Å². The molecule has 2 aliphatic carbocycles. The van der Waals surface area contributed by atoms with Crippen molar-refractivity contribution in [2.75, 3.05) is 21.3 Å². The van der Waals surface area contributed by atoms with Crippen LogP contribution in [-0.2, 0) is 13.1 Å². The SMILES string of the molecule is C.C.CC(C)n1cnc2c(NCc3ccc(-c4ccsc4)cc3)nc(NC3CCC(N)CC3)nc21.Cc1ccc(-c2ccc(CNc3nc(NC4CCC(N)CC4)nc4c3ncn4C(C)C)cc2)cc1.Cc1ccc(B(O)O)cc1.OB(O)c1ccsc1. The Morgan fingerprint density at radius 3 is 1.24 bits per heavy atom. The number of aromatic nitrogens is 8. The summed E-state index contributed by atoms with van der Waals surface area (Å²) >= 11 is 3.17. The average molecular weight is 1230 g/mol. The first-order chi connectivity index (χ1) is 41.5. The number of anilines is 4. The monoisotopic (exact) mass is 1230 g/mol. The van der Waals surface area contributed by atoms with Gasteiger partial charge in [-0.15, -0.1) is 0 Å². The van der Waals surface area contributed by atoms with E-state index in [1.807, 2.05) is 31.7 Å². The van der Waals surface area contributed by atoms with E-state index in [2.05, 4.69) is 165 Å². The van der Waals surface area contributed by atoms with Gasteiger partial charge in [0.15, 0.2) is 34.0 Å². The fourth-order valence-corrected chi connectivity index (χ4v) is 11.5. The van der Waals surface area contributed by atoms with Crippen LogP contribution in [0.5, 0.6) is 0 Å². The summed E-state index contributed by atoms with van der Waals surface area (Å²) in [5, 5.41) is 56.2. The zero-order chi connectivity index (χ0) is 60.7. The highest BCUT2D eigenvalue weighted by atomic mass is 32.1. The van der Waals surface area contributed by atoms with Gasteiger partial charge in [-0.3, -0.25) is 0 Å². The predicted octanol–water partition coefficient (Wildman–Crippen LogP) is 11.5. The molecular weight excluding hydrogens is 1140 g/mol. The average Bonchev–Trinajstić information content (AvgIpc) is 3.95. The summed E-state index contributed by atoms with van der Waals surface area (Å²) in [6.07, 6.45) is 12.0. The molecule has 0 bridgehead atoms. The molecule has 0 saturated heterocycles. The Kier molecular flexibility index (Phi) is 25.2. The second-order valence-corrected chi connectivity index (χ2v) is 24.4. The maximum Gasteiger partial charge on any atom is 0.489 e. The molecular formula is C66H88B2N14O4S2. The van der Waals surface area contributed by atoms with Crippen molar-refractivity contribution in [2.45, 2.75) is 157 Å². The summed E-state index contributed by atoms with van der Waals surface area (Å²) in [6.45, 7) is 14.0. The third-order valence-corrected chi connectivity index (χ3v) is 16.8. The van der Waals surface area contributed by atoms with Gasteiger partial charge in [0.25, 0.3) is 0 Å². The molecule has 88 heavy (non-hydrogen) atoms. The fraction of sp³-hybridized carbons (Fsp3) is 0.364. The van der Waals surface area contributed by atoms with Crippen molar-refractivity contribution in [3.05, 3.63) is 166 Å². The van der Waals surface area contributed by atoms with E-state index >= 15 is 0 Å². The van der Waals surface area contributed by atoms with Crippen LogP contribution in [0.1, 0.15) is 128 Å². The molecule has 18 nitrogen and oxygen atoms in total. The topological polar surface area (TPSA) is 268 Å². The van der Waals surface area contributed by atoms with Gasteiger partial charge in [0, 0.05) is 49.3 Å². The lowest BCUT2D eigenvalue weighted by atomic mass is 9.80. The minimum atomic E-state index is -1.35. The van der Waals surface area contributed by atoms with E-state index in [0.717, 1.165) is 90.9 Å². The van der Waals surface area contributed by atoms with Gasteiger partial charge in [0.1, 0.15) is 0 Å². The highest BCUT2D eigenvalue weighted by molar-refractivity contribution is 7.09. The first-order valence-electron chi connectivity index (χ1n) is 29.6. The van der Waals surface area contributed by atoms with Crippen LogP contribution in [-0.4, -0.2) is 97.5 Å². The van der Waals surface area contributed by atoms with Gasteiger partial charge in [-0.2, -0.15) is 42.6 Å². The fourth-order valence-electron chi connectivity index (χ4n) is 10.2. The number of hydrogen-bond acceptors (Lipinski definition) is 18. The van der Waals surface area contributed by atoms with Gasteiger partial charge in [-0.05, 0) is 165 Å². The quantitative estimate of drug-likeness (QED) is 0.0403. The minimum absolute atomic E-state index is 0. The lowest BCUT2D eigenvalue weighted by molar-refractivity contribution is 0.410. The molecule has 10 aromatic rings. The molecule has 0 aliphatic heterocycles. The van der Waals surface area contributed by atoms with Gasteiger partial charge in [0.2, 0.25) is 11.9 Å². The number of benzene rings is 4. The molecule has 2 aliphatic rings. The van der Waals surface area contributed by atoms with E-state index < -0.39 is 14.2 Å². The zero-order valence-electron chi connectivity index (χ0n) is 49.9. The molecule has 0 amide bonds. The molecule has 0 spiro atoms. The Balaban J connectivity index is 0.000000192. The highest BCUT2D eigenvalue weighted by Gasteiger charge is 2.23. The number of nitrogens with two attached hydrogens (primary N) is 2. The second-order valence-electron chi connectivity index (χ2n) is 22.8. The number of nitrogens with zero attached hydrogens (tertiary/aromatic N) is 8. The Hall–Kier alpha value is -7.53. The maximum absolute atomic E-state index is 8.67. The van der Waals surface area contributed by atoms with E-state index in [9.17, 15) is 0 Å². The van der Waals surface area contributed by atoms with Crippen LogP contribution in [0.25, 0.3) is 44.6 Å². The number of nitrogens with one attached hydrogen (secondary N) is 4. The number of imidazole rings is 2. The molecule has 0 radical (unpaired) electrons. The second kappa shape index (κ2) is 32.6. The molecule has 2 saturated carbocycles. The number of fused-ring (bicyclic) bond motifs is 2. The van der Waals surface area contributed by atoms with E-state index in [1.54, 1.807) is 40.3 Å². The van der Waals surface area contributed by atoms with Gasteiger partial charge < -0.3 is 62.0 Å². The highest BCUT2D eigenvalue weighted by Crippen LogP contribution is 2.30. The summed E-state index contributed by atoms with van der Waals surface area (Å²) in [5.41, 5.74) is 26.3. The first kappa shape index (κ1) is 68.0. The van der Waals surface area contributed by atoms with Crippen LogP contribution < -0.4 is 43.7 Å². The molecule has 22 heteroatoms. The molecule has 4 aromatic carbocycles. The molecule has 0 unspecified atom stereocenters. The van der Waals surface area contributed by atoms with Gasteiger partial charge in [-0.1, -0.05) is 129 Å². The van der Waals surface area contributed by atoms with Gasteiger partial charge >= 0.3 is 14.2 Å². The number of aryl methyl sites for hydroxylation is 2. The molecule has 12 N–H and O–H groups in total. The van der Waals surface area contributed by atoms with Crippen molar-refractivity contribution >= 4 is 93.7 Å². The molecule has 0 atom stereocenters. The molecule has 6 aromatic heterocycles. The molecule has 2 fully saturated rings. The maximum atomic E-state index is 8.67. The first-order valence-corrected chi connectivity index (χ1v) is 31.5. The zero-order valence-corrected chi connectivity index (χ0v) is 51.5. The van der Waals surface area contributed by atoms with Crippen molar-refractivity contribution in [1.82, 2.24) is 39.0 Å². The standard InChI is InChI=1S/C28H35N7.C25H31N7S.C7H9BO2.C4H5BO2S.2CH4/c1-18(2)35-17-31-25-26(33-28(34-27(25)35)32-24-14-12-23(29)13-15-24)30-16-20-6-10-22(11-7-20)21-8-4-19(3)5-9-21;1-16(2)32-15-28-22-23(27-13-17-3-5-18(6-4-17)19-11-12-33-14-19)30-25(31-24(22)32)29-21-9-7-20(26)8-10-21;1-6-2-4-7(5-3-6)8(9)10;6-5(7)4-1-2-8-3-4;;/h4-11,17-18,23-24H,12-16,29H2,1-3H3,(H2,30,32,33,34);3-6,11-12,14-16,20-21H,7-10,13,26H2,1-2H3,(H2,27,29,30,31);2-5,9-10H,1H3;1-3,6-7H;2*1H4. The van der Waals surface area contributed by atoms with Crippen molar-refractivity contribution in [2.24, 2.45) is 11.5 Å². The Labute approximate surface area is 527 Å². The minimum Gasteiger partial charge on any atom is -0.423 e. The Morgan fingerprint density at radius 2 is 0.875 bits per heavy atom. The summed E-state index contributed by atoms with van der Waals surface area (Å²) in [6, 6.07) is 38.7. The summed E-state index contributed by atoms with van der Waals surface area (Å²) in [5.74, 6) is 2.82. The van der Waals surface area contributed by atoms with Crippen LogP contribution in [0.3, 0.4) is 0 Å². The van der Waals surface area contributed by atoms with Gasteiger partial charge in [-0.25, -0.2) is 9.97 Å². The Morgan fingerprint density at radius 1 is 0.489 bits per heavy atom. The largest absolute Gasteiger partial charge is 0.489 e. The Bertz CT molecular complexity index is 3650. The van der Waals surface area contributed by atoms with Crippen LogP contribution in [0.4, 0.5) is 23.5 Å². The van der Waals surface area contributed by atoms with Crippen molar-refractivity contribution in [3.63, 3.8) is 0 Å². The normalized spacial score (nSPS) is 16.2. The summed E-state index contributed by atoms with van der Waals surface area (Å²) in [4.78, 5) is 28.6. The third-order valence-electron chi connectivity index (χ3n) is 15.4. The summed E-state index contributed by atoms with van der Waals surface area (Å²) in [7, 11) is -2.65. The number of thiophene rings is 2. The van der Waals surface area contributed by atoms with Crippen LogP contribution in [0.15, 0.2) is 143 Å². The van der Waals surface area contributed by atoms with Crippen LogP contribution in [0, 0.1) is 13.8 Å². The van der Waals surface area contributed by atoms with Crippen molar-refractivity contribution < 1.29 is 20.1 Å². The van der Waals surface area contributed by atoms with E-state index in [0.29, 0.717) is 60.1 Å². The van der Waals surface area contributed by atoms with Crippen LogP contribution in [0.2, 0.25) is 0 Å². The molecule has 464 valence electrons. The lowest BCUT2D eigenvalue weighted by Crippen LogP contribution is -2.33.